The summed E-state index contributed by atoms with van der Waals surface area (Å²) in [6.07, 6.45) is 0. The molecule has 1 rings (SSSR count). The van der Waals surface area contributed by atoms with Gasteiger partial charge in [-0.2, -0.15) is 12.6 Å². The van der Waals surface area contributed by atoms with Crippen LogP contribution in [-0.4, -0.2) is 28.7 Å². The van der Waals surface area contributed by atoms with Crippen molar-refractivity contribution in [2.75, 3.05) is 12.3 Å². The van der Waals surface area contributed by atoms with E-state index in [0.717, 1.165) is 17.9 Å². The van der Waals surface area contributed by atoms with E-state index in [-0.39, 0.29) is 0 Å². The Kier molecular flexibility index (Phi) is 4.87. The fourth-order valence-electron chi connectivity index (χ4n) is 1.55. The average Bonchev–Trinajstić information content (AvgIpc) is 2.21. The second-order valence-corrected chi connectivity index (χ2v) is 4.77. The van der Waals surface area contributed by atoms with Crippen molar-refractivity contribution in [3.8, 4) is 5.75 Å². The highest BCUT2D eigenvalue weighted by molar-refractivity contribution is 7.80. The highest BCUT2D eigenvalue weighted by Crippen LogP contribution is 2.23. The molecule has 0 atom stereocenters. The second kappa shape index (κ2) is 5.94. The van der Waals surface area contributed by atoms with Crippen LogP contribution in [0.5, 0.6) is 5.75 Å². The number of nitrogens with zero attached hydrogens (tertiary/aromatic N) is 1. The number of thiol groups is 1. The van der Waals surface area contributed by atoms with Crippen LogP contribution in [0.4, 0.5) is 0 Å². The number of hydrogen-bond donors (Lipinski definition) is 2. The summed E-state index contributed by atoms with van der Waals surface area (Å²) in [5.41, 5.74) is 2.18. The first kappa shape index (κ1) is 13.1. The molecule has 0 heterocycles. The maximum absolute atomic E-state index is 9.76. The van der Waals surface area contributed by atoms with Gasteiger partial charge in [0.2, 0.25) is 0 Å². The van der Waals surface area contributed by atoms with E-state index >= 15 is 0 Å². The third kappa shape index (κ3) is 3.56. The fourth-order valence-corrected chi connectivity index (χ4v) is 1.84. The van der Waals surface area contributed by atoms with E-state index in [9.17, 15) is 5.11 Å². The number of benzene rings is 1. The lowest BCUT2D eigenvalue weighted by Crippen LogP contribution is -2.12. The van der Waals surface area contributed by atoms with Crippen LogP contribution in [0, 0.1) is 0 Å². The van der Waals surface area contributed by atoms with E-state index in [4.69, 9.17) is 0 Å². The van der Waals surface area contributed by atoms with Gasteiger partial charge in [0.25, 0.3) is 0 Å². The smallest absolute Gasteiger partial charge is 0.171 e. The maximum Gasteiger partial charge on any atom is 0.171 e. The van der Waals surface area contributed by atoms with Crippen molar-refractivity contribution < 1.29 is 9.68 Å². The van der Waals surface area contributed by atoms with E-state index in [1.807, 2.05) is 10.6 Å². The minimum Gasteiger partial charge on any atom is -0.507 e. The Bertz CT molecular complexity index is 374. The molecule has 0 saturated carbocycles. The Morgan fingerprint density at radius 1 is 1.44 bits per heavy atom. The molecule has 2 nitrogen and oxygen atoms in total. The number of rotatable bonds is 5. The van der Waals surface area contributed by atoms with Gasteiger partial charge in [-0.05, 0) is 23.6 Å². The first-order valence-corrected chi connectivity index (χ1v) is 6.16. The Morgan fingerprint density at radius 2 is 2.12 bits per heavy atom. The third-order valence-corrected chi connectivity index (χ3v) is 2.78. The van der Waals surface area contributed by atoms with Gasteiger partial charge in [0.15, 0.2) is 13.1 Å². The standard InChI is InChI=1S/C13H19NOS/c1-10(2)11-4-5-13(15)12(8-11)9-14(3)6-7-16/h4-5,8,10H,3,6-7,9H2,1-2H3,(H-,15,16)/p+1. The summed E-state index contributed by atoms with van der Waals surface area (Å²) in [4.78, 5) is 0. The fraction of sp³-hybridized carbons (Fsp3) is 0.462. The topological polar surface area (TPSA) is 23.2 Å². The minimum atomic E-state index is 0.345. The lowest BCUT2D eigenvalue weighted by molar-refractivity contribution is -0.530. The predicted molar refractivity (Wildman–Crippen MR) is 72.0 cm³/mol. The number of aromatic hydroxyl groups is 1. The summed E-state index contributed by atoms with van der Waals surface area (Å²) in [6.45, 7) is 9.68. The van der Waals surface area contributed by atoms with Crippen LogP contribution < -0.4 is 0 Å². The molecule has 16 heavy (non-hydrogen) atoms. The lowest BCUT2D eigenvalue weighted by atomic mass is 10.0. The van der Waals surface area contributed by atoms with Gasteiger partial charge in [-0.15, -0.1) is 0 Å². The molecule has 0 saturated heterocycles. The van der Waals surface area contributed by atoms with Gasteiger partial charge in [0, 0.05) is 5.75 Å². The Morgan fingerprint density at radius 3 is 2.69 bits per heavy atom. The highest BCUT2D eigenvalue weighted by atomic mass is 32.1. The van der Waals surface area contributed by atoms with E-state index in [1.165, 1.54) is 5.56 Å². The summed E-state index contributed by atoms with van der Waals surface area (Å²) < 4.78 is 1.91. The molecular weight excluding hydrogens is 218 g/mol. The van der Waals surface area contributed by atoms with Crippen LogP contribution in [-0.2, 0) is 6.54 Å². The average molecular weight is 238 g/mol. The first-order chi connectivity index (χ1) is 7.54. The van der Waals surface area contributed by atoms with Crippen molar-refractivity contribution in [2.45, 2.75) is 26.3 Å². The van der Waals surface area contributed by atoms with Crippen molar-refractivity contribution in [1.82, 2.24) is 0 Å². The Balaban J connectivity index is 2.86. The van der Waals surface area contributed by atoms with E-state index in [1.54, 1.807) is 6.07 Å². The molecule has 0 unspecified atom stereocenters. The summed E-state index contributed by atoms with van der Waals surface area (Å²) in [5, 5.41) is 9.76. The molecule has 0 amide bonds. The molecule has 0 aliphatic rings. The molecule has 0 aliphatic heterocycles. The van der Waals surface area contributed by atoms with Crippen LogP contribution in [0.25, 0.3) is 0 Å². The molecule has 0 bridgehead atoms. The summed E-state index contributed by atoms with van der Waals surface area (Å²) in [6, 6.07) is 5.78. The van der Waals surface area contributed by atoms with Gasteiger partial charge < -0.3 is 5.11 Å². The van der Waals surface area contributed by atoms with Crippen LogP contribution in [0.3, 0.4) is 0 Å². The monoisotopic (exact) mass is 238 g/mol. The van der Waals surface area contributed by atoms with Gasteiger partial charge in [-0.1, -0.05) is 19.9 Å². The molecule has 0 radical (unpaired) electrons. The quantitative estimate of drug-likeness (QED) is 0.460. The molecule has 1 N–H and O–H groups in total. The molecular formula is C13H20NOS+. The summed E-state index contributed by atoms with van der Waals surface area (Å²) in [5.74, 6) is 1.59. The normalized spacial score (nSPS) is 10.8. The minimum absolute atomic E-state index is 0.345. The zero-order valence-electron chi connectivity index (χ0n) is 9.98. The van der Waals surface area contributed by atoms with Crippen molar-refractivity contribution in [3.63, 3.8) is 0 Å². The first-order valence-electron chi connectivity index (χ1n) is 5.52. The molecule has 3 heteroatoms. The van der Waals surface area contributed by atoms with E-state index in [2.05, 4.69) is 39.3 Å². The van der Waals surface area contributed by atoms with Crippen molar-refractivity contribution >= 4 is 19.3 Å². The zero-order chi connectivity index (χ0) is 12.1. The predicted octanol–water partition coefficient (Wildman–Crippen LogP) is 2.66. The van der Waals surface area contributed by atoms with Crippen molar-refractivity contribution in [3.05, 3.63) is 29.3 Å². The molecule has 88 valence electrons. The molecule has 0 fully saturated rings. The largest absolute Gasteiger partial charge is 0.507 e. The summed E-state index contributed by atoms with van der Waals surface area (Å²) >= 11 is 4.16. The molecule has 0 aliphatic carbocycles. The number of phenols is 1. The number of phenolic OH excluding ortho intramolecular Hbond substituents is 1. The third-order valence-electron chi connectivity index (χ3n) is 2.58. The van der Waals surface area contributed by atoms with Crippen molar-refractivity contribution in [1.29, 1.82) is 0 Å². The highest BCUT2D eigenvalue weighted by Gasteiger charge is 2.10. The Hall–Kier alpha value is -0.960. The van der Waals surface area contributed by atoms with E-state index < -0.39 is 0 Å². The molecule has 0 aromatic heterocycles. The summed E-state index contributed by atoms with van der Waals surface area (Å²) in [7, 11) is 0. The van der Waals surface area contributed by atoms with Gasteiger partial charge in [-0.25, -0.2) is 4.58 Å². The van der Waals surface area contributed by atoms with Crippen molar-refractivity contribution in [2.24, 2.45) is 0 Å². The van der Waals surface area contributed by atoms with Gasteiger partial charge >= 0.3 is 0 Å². The molecule has 1 aromatic carbocycles. The second-order valence-electron chi connectivity index (χ2n) is 4.32. The van der Waals surface area contributed by atoms with Gasteiger partial charge in [0.05, 0.1) is 5.56 Å². The SMILES string of the molecule is C=[N+](CCS)Cc1cc(C(C)C)ccc1O. The maximum atomic E-state index is 9.76. The number of hydrogen-bond acceptors (Lipinski definition) is 2. The van der Waals surface area contributed by atoms with Crippen LogP contribution >= 0.6 is 12.6 Å². The zero-order valence-corrected chi connectivity index (χ0v) is 10.9. The lowest BCUT2D eigenvalue weighted by Gasteiger charge is -2.09. The van der Waals surface area contributed by atoms with Crippen LogP contribution in [0.15, 0.2) is 18.2 Å². The van der Waals surface area contributed by atoms with E-state index in [0.29, 0.717) is 18.2 Å². The molecule has 1 aromatic rings. The van der Waals surface area contributed by atoms with Crippen LogP contribution in [0.2, 0.25) is 0 Å². The Labute approximate surface area is 103 Å². The molecule has 0 spiro atoms. The van der Waals surface area contributed by atoms with Crippen LogP contribution in [0.1, 0.15) is 30.9 Å². The van der Waals surface area contributed by atoms with Gasteiger partial charge in [0.1, 0.15) is 12.5 Å². The van der Waals surface area contributed by atoms with Gasteiger partial charge in [-0.3, -0.25) is 0 Å².